The van der Waals surface area contributed by atoms with Gasteiger partial charge < -0.3 is 4.57 Å². The van der Waals surface area contributed by atoms with Crippen molar-refractivity contribution in [3.05, 3.63) is 12.4 Å². The molecule has 1 rings (SSSR count). The van der Waals surface area contributed by atoms with Gasteiger partial charge in [0.15, 0.2) is 0 Å². The van der Waals surface area contributed by atoms with Crippen molar-refractivity contribution in [3.63, 3.8) is 0 Å². The zero-order chi connectivity index (χ0) is 7.78. The molecule has 0 aliphatic rings. The van der Waals surface area contributed by atoms with Crippen LogP contribution in [-0.4, -0.2) is 22.5 Å². The number of imidazole rings is 1. The molecule has 0 bridgehead atoms. The number of hydrogen-bond acceptors (Lipinski definition) is 3. The third kappa shape index (κ3) is 2.18. The molecule has 0 aliphatic carbocycles. The fourth-order valence-corrected chi connectivity index (χ4v) is 1.22. The van der Waals surface area contributed by atoms with E-state index in [4.69, 9.17) is 4.55 Å². The lowest BCUT2D eigenvalue weighted by atomic mass is 10.9. The summed E-state index contributed by atoms with van der Waals surface area (Å²) in [6, 6.07) is 0. The zero-order valence-electron chi connectivity index (χ0n) is 5.63. The van der Waals surface area contributed by atoms with Gasteiger partial charge in [0, 0.05) is 19.4 Å². The van der Waals surface area contributed by atoms with E-state index in [9.17, 15) is 8.42 Å². The van der Waals surface area contributed by atoms with Crippen LogP contribution in [0.15, 0.2) is 17.6 Å². The highest BCUT2D eigenvalue weighted by molar-refractivity contribution is 7.85. The topological polar surface area (TPSA) is 72.2 Å². The Kier molecular flexibility index (Phi) is 3.03. The zero-order valence-corrected chi connectivity index (χ0v) is 7.26. The number of rotatable bonds is 1. The van der Waals surface area contributed by atoms with Crippen LogP contribution in [0, 0.1) is 0 Å². The minimum absolute atomic E-state index is 0. The number of aryl methyl sites for hydroxylation is 1. The molecule has 0 unspecified atom stereocenters. The van der Waals surface area contributed by atoms with Gasteiger partial charge in [-0.2, -0.15) is 8.42 Å². The van der Waals surface area contributed by atoms with Crippen LogP contribution in [0.3, 0.4) is 0 Å². The summed E-state index contributed by atoms with van der Waals surface area (Å²) in [5.74, 6) is 0. The van der Waals surface area contributed by atoms with E-state index in [0.29, 0.717) is 0 Å². The average Bonchev–Trinajstić information content (AvgIpc) is 2.11. The van der Waals surface area contributed by atoms with E-state index < -0.39 is 10.1 Å². The van der Waals surface area contributed by atoms with Crippen molar-refractivity contribution in [2.75, 3.05) is 0 Å². The lowest BCUT2D eigenvalue weighted by molar-refractivity contribution is 0.469. The van der Waals surface area contributed by atoms with Crippen LogP contribution in [0.4, 0.5) is 0 Å². The van der Waals surface area contributed by atoms with Gasteiger partial charge in [-0.1, -0.05) is 0 Å². The fourth-order valence-electron chi connectivity index (χ4n) is 0.600. The Labute approximate surface area is 70.2 Å². The first-order chi connectivity index (χ1) is 4.52. The van der Waals surface area contributed by atoms with Crippen LogP contribution < -0.4 is 0 Å². The van der Waals surface area contributed by atoms with Gasteiger partial charge in [0.1, 0.15) is 0 Å². The third-order valence-corrected chi connectivity index (χ3v) is 1.86. The lowest BCUT2D eigenvalue weighted by Gasteiger charge is -1.93. The SMILES string of the molecule is Cl.Cn1ccnc1S(=O)(=O)O. The van der Waals surface area contributed by atoms with Crippen molar-refractivity contribution in [1.82, 2.24) is 9.55 Å². The Balaban J connectivity index is 0.000001000. The van der Waals surface area contributed by atoms with Crippen LogP contribution in [0.2, 0.25) is 0 Å². The number of halogens is 1. The predicted octanol–water partition coefficient (Wildman–Crippen LogP) is 0.0886. The van der Waals surface area contributed by atoms with Crippen molar-refractivity contribution in [1.29, 1.82) is 0 Å². The van der Waals surface area contributed by atoms with Crippen LogP contribution in [-0.2, 0) is 17.2 Å². The summed E-state index contributed by atoms with van der Waals surface area (Å²) >= 11 is 0. The second kappa shape index (κ2) is 3.21. The molecule has 0 spiro atoms. The maximum absolute atomic E-state index is 10.4. The molecule has 0 amide bonds. The van der Waals surface area contributed by atoms with Crippen molar-refractivity contribution < 1.29 is 13.0 Å². The summed E-state index contributed by atoms with van der Waals surface area (Å²) in [6.45, 7) is 0. The Morgan fingerprint density at radius 2 is 2.18 bits per heavy atom. The van der Waals surface area contributed by atoms with Gasteiger partial charge in [0.05, 0.1) is 0 Å². The van der Waals surface area contributed by atoms with E-state index in [1.54, 1.807) is 0 Å². The predicted molar refractivity (Wildman–Crippen MR) is 40.3 cm³/mol. The maximum Gasteiger partial charge on any atom is 0.328 e. The van der Waals surface area contributed by atoms with Gasteiger partial charge >= 0.3 is 10.1 Å². The minimum Gasteiger partial charge on any atom is -0.323 e. The molecule has 11 heavy (non-hydrogen) atoms. The number of hydrogen-bond donors (Lipinski definition) is 1. The molecule has 0 saturated heterocycles. The molecule has 1 aromatic rings. The summed E-state index contributed by atoms with van der Waals surface area (Å²) < 4.78 is 30.4. The first kappa shape index (κ1) is 10.4. The lowest BCUT2D eigenvalue weighted by Crippen LogP contribution is -2.05. The summed E-state index contributed by atoms with van der Waals surface area (Å²) in [5.41, 5.74) is 0. The van der Waals surface area contributed by atoms with Crippen LogP contribution >= 0.6 is 12.4 Å². The van der Waals surface area contributed by atoms with E-state index in [1.807, 2.05) is 0 Å². The standard InChI is InChI=1S/C4H6N2O3S.ClH/c1-6-3-2-5-4(6)10(7,8)9;/h2-3H,1H3,(H,7,8,9);1H. The second-order valence-electron chi connectivity index (χ2n) is 1.80. The Morgan fingerprint density at radius 3 is 2.36 bits per heavy atom. The molecule has 5 nitrogen and oxygen atoms in total. The van der Waals surface area contributed by atoms with Crippen molar-refractivity contribution >= 4 is 22.5 Å². The highest BCUT2D eigenvalue weighted by Crippen LogP contribution is 2.01. The van der Waals surface area contributed by atoms with Crippen LogP contribution in [0.25, 0.3) is 0 Å². The molecule has 0 atom stereocenters. The van der Waals surface area contributed by atoms with E-state index >= 15 is 0 Å². The van der Waals surface area contributed by atoms with Gasteiger partial charge in [-0.25, -0.2) is 4.98 Å². The summed E-state index contributed by atoms with van der Waals surface area (Å²) in [7, 11) is -2.66. The highest BCUT2D eigenvalue weighted by atomic mass is 35.5. The van der Waals surface area contributed by atoms with E-state index in [-0.39, 0.29) is 17.6 Å². The number of aromatic nitrogens is 2. The van der Waals surface area contributed by atoms with E-state index in [2.05, 4.69) is 4.98 Å². The molecular weight excluding hydrogens is 192 g/mol. The first-order valence-corrected chi connectivity index (χ1v) is 3.90. The molecule has 7 heteroatoms. The van der Waals surface area contributed by atoms with Gasteiger partial charge in [0.2, 0.25) is 0 Å². The first-order valence-electron chi connectivity index (χ1n) is 2.46. The molecule has 1 heterocycles. The summed E-state index contributed by atoms with van der Waals surface area (Å²) in [5, 5.41) is -0.340. The Bertz CT molecular complexity index is 331. The van der Waals surface area contributed by atoms with Gasteiger partial charge in [0.25, 0.3) is 5.16 Å². The fraction of sp³-hybridized carbons (Fsp3) is 0.250. The third-order valence-electron chi connectivity index (χ3n) is 1.01. The molecular formula is C4H7ClN2O3S. The van der Waals surface area contributed by atoms with Crippen molar-refractivity contribution in [2.24, 2.45) is 7.05 Å². The number of nitrogens with zero attached hydrogens (tertiary/aromatic N) is 2. The molecule has 64 valence electrons. The molecule has 0 radical (unpaired) electrons. The Hall–Kier alpha value is -0.590. The summed E-state index contributed by atoms with van der Waals surface area (Å²) in [4.78, 5) is 3.41. The van der Waals surface area contributed by atoms with E-state index in [0.717, 1.165) is 0 Å². The summed E-state index contributed by atoms with van der Waals surface area (Å²) in [6.07, 6.45) is 2.73. The van der Waals surface area contributed by atoms with Crippen molar-refractivity contribution in [3.8, 4) is 0 Å². The van der Waals surface area contributed by atoms with Crippen LogP contribution in [0.1, 0.15) is 0 Å². The minimum atomic E-state index is -4.14. The quantitative estimate of drug-likeness (QED) is 0.650. The highest BCUT2D eigenvalue weighted by Gasteiger charge is 2.13. The molecule has 0 aromatic carbocycles. The van der Waals surface area contributed by atoms with Crippen LogP contribution in [0.5, 0.6) is 0 Å². The Morgan fingerprint density at radius 1 is 1.64 bits per heavy atom. The monoisotopic (exact) mass is 198 g/mol. The normalized spacial score (nSPS) is 10.7. The largest absolute Gasteiger partial charge is 0.328 e. The van der Waals surface area contributed by atoms with Gasteiger partial charge in [-0.05, 0) is 0 Å². The van der Waals surface area contributed by atoms with Crippen molar-refractivity contribution in [2.45, 2.75) is 5.16 Å². The maximum atomic E-state index is 10.4. The van der Waals surface area contributed by atoms with Gasteiger partial charge in [-0.3, -0.25) is 4.55 Å². The smallest absolute Gasteiger partial charge is 0.323 e. The molecule has 0 saturated carbocycles. The molecule has 0 aliphatic heterocycles. The average molecular weight is 199 g/mol. The second-order valence-corrected chi connectivity index (χ2v) is 3.11. The van der Waals surface area contributed by atoms with Gasteiger partial charge in [-0.15, -0.1) is 12.4 Å². The molecule has 1 N–H and O–H groups in total. The van der Waals surface area contributed by atoms with E-state index in [1.165, 1.54) is 24.0 Å². The molecule has 1 aromatic heterocycles. The molecule has 0 fully saturated rings.